The van der Waals surface area contributed by atoms with E-state index in [0.717, 1.165) is 37.1 Å². The maximum Gasteiger partial charge on any atom is 0.244 e. The highest BCUT2D eigenvalue weighted by Gasteiger charge is 2.29. The fourth-order valence-electron chi connectivity index (χ4n) is 4.31. The van der Waals surface area contributed by atoms with Crippen molar-refractivity contribution in [2.24, 2.45) is 0 Å². The molecule has 1 N–H and O–H groups in total. The zero-order chi connectivity index (χ0) is 23.6. The number of aromatic amines is 1. The van der Waals surface area contributed by atoms with Crippen LogP contribution in [0.15, 0.2) is 40.6 Å². The van der Waals surface area contributed by atoms with Crippen molar-refractivity contribution in [1.82, 2.24) is 29.0 Å². The Morgan fingerprint density at radius 1 is 1.21 bits per heavy atom. The van der Waals surface area contributed by atoms with E-state index in [2.05, 4.69) is 20.2 Å². The van der Waals surface area contributed by atoms with E-state index in [1.807, 2.05) is 24.5 Å². The third-order valence-electron chi connectivity index (χ3n) is 6.17. The van der Waals surface area contributed by atoms with Gasteiger partial charge < -0.3 is 0 Å². The van der Waals surface area contributed by atoms with Crippen molar-refractivity contribution in [3.63, 3.8) is 0 Å². The van der Waals surface area contributed by atoms with Crippen LogP contribution in [0.4, 0.5) is 0 Å². The summed E-state index contributed by atoms with van der Waals surface area (Å²) in [5.74, 6) is 0.727. The molecule has 176 valence electrons. The van der Waals surface area contributed by atoms with Crippen LogP contribution in [-0.4, -0.2) is 62.1 Å². The van der Waals surface area contributed by atoms with Gasteiger partial charge in [0.1, 0.15) is 11.2 Å². The molecule has 3 aromatic rings. The molecule has 11 heteroatoms. The molecule has 0 radical (unpaired) electrons. The molecular weight excluding hydrogens is 460 g/mol. The molecule has 1 fully saturated rings. The van der Waals surface area contributed by atoms with Crippen molar-refractivity contribution in [3.8, 4) is 5.95 Å². The second kappa shape index (κ2) is 9.78. The number of ketones is 1. The Morgan fingerprint density at radius 2 is 1.97 bits per heavy atom. The number of nitrogens with one attached hydrogen (secondary N) is 1. The van der Waals surface area contributed by atoms with Gasteiger partial charge in [-0.15, -0.1) is 0 Å². The van der Waals surface area contributed by atoms with E-state index in [1.165, 1.54) is 35.0 Å². The second-order valence-corrected chi connectivity index (χ2v) is 11.3. The zero-order valence-corrected chi connectivity index (χ0v) is 20.6. The van der Waals surface area contributed by atoms with Crippen molar-refractivity contribution in [2.45, 2.75) is 61.9 Å². The summed E-state index contributed by atoms with van der Waals surface area (Å²) < 4.78 is 29.3. The van der Waals surface area contributed by atoms with Gasteiger partial charge in [0.25, 0.3) is 0 Å². The first-order valence-corrected chi connectivity index (χ1v) is 13.4. The van der Waals surface area contributed by atoms with Crippen LogP contribution in [0.25, 0.3) is 5.95 Å². The monoisotopic (exact) mass is 488 g/mol. The van der Waals surface area contributed by atoms with Crippen molar-refractivity contribution < 1.29 is 13.2 Å². The number of Topliss-reactive ketones (excluding diaryl/α,β-unsaturated/α-hetero) is 1. The van der Waals surface area contributed by atoms with Crippen LogP contribution in [0.5, 0.6) is 0 Å². The van der Waals surface area contributed by atoms with Gasteiger partial charge >= 0.3 is 0 Å². The SMILES string of the molecule is Cc1cc(C(=O)CSc2ccc(S(=O)(=O)N(C)C3CCCCC3)cn2)c(C)n1-c1ncn[nH]1. The highest BCUT2D eigenvalue weighted by atomic mass is 32.2. The van der Waals surface area contributed by atoms with E-state index in [-0.39, 0.29) is 22.5 Å². The molecule has 0 bridgehead atoms. The van der Waals surface area contributed by atoms with Crippen molar-refractivity contribution in [1.29, 1.82) is 0 Å². The number of aromatic nitrogens is 5. The average Bonchev–Trinajstić information content (AvgIpc) is 3.45. The van der Waals surface area contributed by atoms with Crippen LogP contribution >= 0.6 is 11.8 Å². The average molecular weight is 489 g/mol. The molecule has 0 amide bonds. The largest absolute Gasteiger partial charge is 0.293 e. The molecule has 0 unspecified atom stereocenters. The lowest BCUT2D eigenvalue weighted by molar-refractivity contribution is 0.102. The van der Waals surface area contributed by atoms with E-state index < -0.39 is 10.0 Å². The van der Waals surface area contributed by atoms with Crippen LogP contribution in [0.2, 0.25) is 0 Å². The van der Waals surface area contributed by atoms with E-state index in [1.54, 1.807) is 19.2 Å². The number of hydrogen-bond acceptors (Lipinski definition) is 7. The van der Waals surface area contributed by atoms with E-state index in [0.29, 0.717) is 16.5 Å². The van der Waals surface area contributed by atoms with Gasteiger partial charge in [0.05, 0.1) is 10.8 Å². The van der Waals surface area contributed by atoms with Crippen molar-refractivity contribution in [2.75, 3.05) is 12.8 Å². The van der Waals surface area contributed by atoms with E-state index in [4.69, 9.17) is 0 Å². The minimum absolute atomic E-state index is 0.0330. The Bertz CT molecular complexity index is 1210. The molecule has 0 spiro atoms. The summed E-state index contributed by atoms with van der Waals surface area (Å²) in [5, 5.41) is 7.29. The lowest BCUT2D eigenvalue weighted by atomic mass is 9.96. The number of nitrogens with zero attached hydrogens (tertiary/aromatic N) is 5. The first-order chi connectivity index (χ1) is 15.8. The first-order valence-electron chi connectivity index (χ1n) is 10.9. The molecule has 0 atom stereocenters. The number of aryl methyl sites for hydroxylation is 1. The minimum Gasteiger partial charge on any atom is -0.293 e. The van der Waals surface area contributed by atoms with E-state index in [9.17, 15) is 13.2 Å². The van der Waals surface area contributed by atoms with Gasteiger partial charge in [-0.1, -0.05) is 31.0 Å². The summed E-state index contributed by atoms with van der Waals surface area (Å²) in [4.78, 5) is 21.5. The number of carbonyl (C=O) groups excluding carboxylic acids is 1. The Balaban J connectivity index is 1.42. The number of hydrogen-bond donors (Lipinski definition) is 1. The summed E-state index contributed by atoms with van der Waals surface area (Å²) in [6.07, 6.45) is 7.90. The number of sulfonamides is 1. The van der Waals surface area contributed by atoms with Gasteiger partial charge in [0.15, 0.2) is 5.78 Å². The first kappa shape index (κ1) is 23.7. The molecular formula is C22H28N6O3S2. The molecule has 33 heavy (non-hydrogen) atoms. The number of carbonyl (C=O) groups is 1. The predicted octanol–water partition coefficient (Wildman–Crippen LogP) is 3.54. The minimum atomic E-state index is -3.58. The smallest absolute Gasteiger partial charge is 0.244 e. The van der Waals surface area contributed by atoms with Gasteiger partial charge in [0.2, 0.25) is 16.0 Å². The number of thioether (sulfide) groups is 1. The predicted molar refractivity (Wildman–Crippen MR) is 126 cm³/mol. The molecule has 1 aliphatic carbocycles. The van der Waals surface area contributed by atoms with Crippen molar-refractivity contribution >= 4 is 27.6 Å². The normalized spacial score (nSPS) is 15.3. The third kappa shape index (κ3) is 4.90. The third-order valence-corrected chi connectivity index (χ3v) is 9.01. The molecule has 4 rings (SSSR count). The summed E-state index contributed by atoms with van der Waals surface area (Å²) in [6, 6.07) is 5.12. The molecule has 0 saturated heterocycles. The lowest BCUT2D eigenvalue weighted by Crippen LogP contribution is -2.38. The Kier molecular flexibility index (Phi) is 7.01. The number of H-pyrrole nitrogens is 1. The maximum atomic E-state index is 13.0. The summed E-state index contributed by atoms with van der Waals surface area (Å²) >= 11 is 1.29. The maximum absolute atomic E-state index is 13.0. The fourth-order valence-corrected chi connectivity index (χ4v) is 6.39. The Labute approximate surface area is 198 Å². The van der Waals surface area contributed by atoms with Crippen LogP contribution in [0.3, 0.4) is 0 Å². The summed E-state index contributed by atoms with van der Waals surface area (Å²) in [7, 11) is -1.93. The molecule has 1 saturated carbocycles. The van der Waals surface area contributed by atoms with E-state index >= 15 is 0 Å². The summed E-state index contributed by atoms with van der Waals surface area (Å²) in [5.41, 5.74) is 2.28. The Hall–Kier alpha value is -2.50. The van der Waals surface area contributed by atoms with Gasteiger partial charge in [-0.2, -0.15) is 14.4 Å². The molecule has 3 heterocycles. The molecule has 3 aromatic heterocycles. The topological polar surface area (TPSA) is 114 Å². The lowest BCUT2D eigenvalue weighted by Gasteiger charge is -2.30. The number of pyridine rings is 1. The molecule has 0 aliphatic heterocycles. The van der Waals surface area contributed by atoms with Gasteiger partial charge in [-0.05, 0) is 44.9 Å². The quantitative estimate of drug-likeness (QED) is 0.381. The standard InChI is InChI=1S/C22H28N6O3S2/c1-15-11-19(16(2)28(15)22-24-14-25-26-22)20(29)13-32-21-10-9-18(12-23-21)33(30,31)27(3)17-7-5-4-6-8-17/h9-12,14,17H,4-8,13H2,1-3H3,(H,24,25,26). The highest BCUT2D eigenvalue weighted by Crippen LogP contribution is 2.27. The van der Waals surface area contributed by atoms with Gasteiger partial charge in [0, 0.05) is 36.2 Å². The zero-order valence-electron chi connectivity index (χ0n) is 19.0. The van der Waals surface area contributed by atoms with Crippen LogP contribution in [0.1, 0.15) is 53.8 Å². The molecule has 0 aromatic carbocycles. The number of rotatable bonds is 8. The highest BCUT2D eigenvalue weighted by molar-refractivity contribution is 7.99. The second-order valence-electron chi connectivity index (χ2n) is 8.29. The van der Waals surface area contributed by atoms with Crippen LogP contribution in [-0.2, 0) is 10.0 Å². The van der Waals surface area contributed by atoms with Gasteiger partial charge in [-0.3, -0.25) is 9.36 Å². The van der Waals surface area contributed by atoms with Crippen LogP contribution < -0.4 is 0 Å². The van der Waals surface area contributed by atoms with Crippen LogP contribution in [0, 0.1) is 13.8 Å². The molecule has 9 nitrogen and oxygen atoms in total. The van der Waals surface area contributed by atoms with Crippen molar-refractivity contribution in [3.05, 3.63) is 47.7 Å². The fraction of sp³-hybridized carbons (Fsp3) is 0.455. The van der Waals surface area contributed by atoms with Gasteiger partial charge in [-0.25, -0.2) is 18.5 Å². The summed E-state index contributed by atoms with van der Waals surface area (Å²) in [6.45, 7) is 3.78. The Morgan fingerprint density at radius 3 is 2.61 bits per heavy atom. The molecule has 1 aliphatic rings.